The molecule has 2 aliphatic rings. The average molecular weight is 348 g/mol. The van der Waals surface area contributed by atoms with Gasteiger partial charge in [-0.2, -0.15) is 13.2 Å². The largest absolute Gasteiger partial charge is 0.418 e. The summed E-state index contributed by atoms with van der Waals surface area (Å²) in [6.07, 6.45) is -2.07. The number of Topliss-reactive ketones (excluding diaryl/α,β-unsaturated/α-hetero) is 1. The van der Waals surface area contributed by atoms with E-state index in [4.69, 9.17) is 0 Å². The van der Waals surface area contributed by atoms with Crippen LogP contribution in [-0.2, 0) is 11.0 Å². The van der Waals surface area contributed by atoms with Gasteiger partial charge < -0.3 is 4.90 Å². The molecule has 2 aliphatic heterocycles. The maximum absolute atomic E-state index is 13.2. The standard InChI is InChI=1S/C14H13BrF3NO/c15-8-1-4-13(12(5-8)14(16,17)18)19-9-2-3-10(19)7-11(20)6-9/h1,4-5,9-10H,2-3,6-7H2. The number of hydrogen-bond donors (Lipinski definition) is 0. The quantitative estimate of drug-likeness (QED) is 0.759. The van der Waals surface area contributed by atoms with E-state index < -0.39 is 11.7 Å². The first-order valence-electron chi connectivity index (χ1n) is 6.53. The second kappa shape index (κ2) is 4.76. The zero-order valence-corrected chi connectivity index (χ0v) is 12.2. The lowest BCUT2D eigenvalue weighted by molar-refractivity contribution is -0.137. The molecule has 0 N–H and O–H groups in total. The summed E-state index contributed by atoms with van der Waals surface area (Å²) in [5.74, 6) is 0.166. The van der Waals surface area contributed by atoms with E-state index in [1.807, 2.05) is 4.90 Å². The van der Waals surface area contributed by atoms with Crippen molar-refractivity contribution >= 4 is 27.4 Å². The lowest BCUT2D eigenvalue weighted by Gasteiger charge is -2.37. The number of benzene rings is 1. The monoisotopic (exact) mass is 347 g/mol. The number of carbonyl (C=O) groups excluding carboxylic acids is 1. The lowest BCUT2D eigenvalue weighted by atomic mass is 9.99. The van der Waals surface area contributed by atoms with Gasteiger partial charge in [-0.3, -0.25) is 4.79 Å². The first kappa shape index (κ1) is 13.9. The van der Waals surface area contributed by atoms with Crippen LogP contribution in [0.15, 0.2) is 22.7 Å². The van der Waals surface area contributed by atoms with Crippen LogP contribution in [0.5, 0.6) is 0 Å². The van der Waals surface area contributed by atoms with E-state index in [0.717, 1.165) is 18.9 Å². The van der Waals surface area contributed by atoms with Gasteiger partial charge in [-0.1, -0.05) is 15.9 Å². The molecule has 108 valence electrons. The molecule has 2 nitrogen and oxygen atoms in total. The molecular weight excluding hydrogens is 335 g/mol. The van der Waals surface area contributed by atoms with E-state index in [9.17, 15) is 18.0 Å². The van der Waals surface area contributed by atoms with Gasteiger partial charge in [0.25, 0.3) is 0 Å². The number of halogens is 4. The number of hydrogen-bond acceptors (Lipinski definition) is 2. The van der Waals surface area contributed by atoms with E-state index in [1.165, 1.54) is 6.07 Å². The summed E-state index contributed by atoms with van der Waals surface area (Å²) in [7, 11) is 0. The van der Waals surface area contributed by atoms with Gasteiger partial charge in [0.05, 0.1) is 5.56 Å². The minimum Gasteiger partial charge on any atom is -0.364 e. The number of nitrogens with zero attached hydrogens (tertiary/aromatic N) is 1. The summed E-state index contributed by atoms with van der Waals surface area (Å²) in [6.45, 7) is 0. The van der Waals surface area contributed by atoms with Gasteiger partial charge >= 0.3 is 6.18 Å². The Morgan fingerprint density at radius 1 is 1.15 bits per heavy atom. The number of piperidine rings is 1. The van der Waals surface area contributed by atoms with Crippen molar-refractivity contribution < 1.29 is 18.0 Å². The van der Waals surface area contributed by atoms with Gasteiger partial charge in [0.15, 0.2) is 0 Å². The summed E-state index contributed by atoms with van der Waals surface area (Å²) in [5.41, 5.74) is -0.418. The Balaban J connectivity index is 2.05. The van der Waals surface area contributed by atoms with Crippen molar-refractivity contribution in [2.75, 3.05) is 4.90 Å². The number of fused-ring (bicyclic) bond motifs is 2. The smallest absolute Gasteiger partial charge is 0.364 e. The molecule has 2 saturated heterocycles. The average Bonchev–Trinajstić information content (AvgIpc) is 2.61. The maximum Gasteiger partial charge on any atom is 0.418 e. The highest BCUT2D eigenvalue weighted by molar-refractivity contribution is 9.10. The van der Waals surface area contributed by atoms with E-state index >= 15 is 0 Å². The minimum atomic E-state index is -4.39. The van der Waals surface area contributed by atoms with Crippen molar-refractivity contribution in [2.24, 2.45) is 0 Å². The summed E-state index contributed by atoms with van der Waals surface area (Å²) >= 11 is 3.10. The Labute approximate surface area is 123 Å². The van der Waals surface area contributed by atoms with Crippen molar-refractivity contribution in [1.82, 2.24) is 0 Å². The van der Waals surface area contributed by atoms with Gasteiger partial charge in [-0.25, -0.2) is 0 Å². The van der Waals surface area contributed by atoms with E-state index in [-0.39, 0.29) is 23.6 Å². The van der Waals surface area contributed by atoms with Gasteiger partial charge in [0.2, 0.25) is 0 Å². The highest BCUT2D eigenvalue weighted by Crippen LogP contribution is 2.44. The van der Waals surface area contributed by atoms with Crippen LogP contribution >= 0.6 is 15.9 Å². The van der Waals surface area contributed by atoms with E-state index in [1.54, 1.807) is 6.07 Å². The number of rotatable bonds is 1. The molecule has 2 fully saturated rings. The summed E-state index contributed by atoms with van der Waals surface area (Å²) in [6, 6.07) is 4.09. The Bertz CT molecular complexity index is 542. The third-order valence-electron chi connectivity index (χ3n) is 4.09. The fourth-order valence-corrected chi connectivity index (χ4v) is 3.69. The van der Waals surface area contributed by atoms with E-state index in [0.29, 0.717) is 17.3 Å². The summed E-state index contributed by atoms with van der Waals surface area (Å²) < 4.78 is 40.1. The second-order valence-electron chi connectivity index (χ2n) is 5.40. The molecule has 2 heterocycles. The molecule has 3 rings (SSSR count). The molecule has 6 heteroatoms. The SMILES string of the molecule is O=C1CC2CCC(C1)N2c1ccc(Br)cc1C(F)(F)F. The van der Waals surface area contributed by atoms with Crippen molar-refractivity contribution in [2.45, 2.75) is 43.9 Å². The number of anilines is 1. The van der Waals surface area contributed by atoms with E-state index in [2.05, 4.69) is 15.9 Å². The van der Waals surface area contributed by atoms with Crippen molar-refractivity contribution in [3.05, 3.63) is 28.2 Å². The van der Waals surface area contributed by atoms with Crippen LogP contribution in [0.1, 0.15) is 31.2 Å². The Hall–Kier alpha value is -1.04. The predicted molar refractivity (Wildman–Crippen MR) is 72.7 cm³/mol. The molecule has 2 bridgehead atoms. The van der Waals surface area contributed by atoms with Crippen LogP contribution in [0.4, 0.5) is 18.9 Å². The minimum absolute atomic E-state index is 0.0801. The zero-order valence-electron chi connectivity index (χ0n) is 10.6. The van der Waals surface area contributed by atoms with Gasteiger partial charge in [0.1, 0.15) is 5.78 Å². The molecule has 0 amide bonds. The predicted octanol–water partition coefficient (Wildman–Crippen LogP) is 4.17. The molecule has 0 aromatic heterocycles. The second-order valence-corrected chi connectivity index (χ2v) is 6.31. The van der Waals surface area contributed by atoms with Crippen LogP contribution in [-0.4, -0.2) is 17.9 Å². The lowest BCUT2D eigenvalue weighted by Crippen LogP contribution is -2.44. The highest BCUT2D eigenvalue weighted by Gasteiger charge is 2.44. The fraction of sp³-hybridized carbons (Fsp3) is 0.500. The normalized spacial score (nSPS) is 26.2. The van der Waals surface area contributed by atoms with Gasteiger partial charge in [-0.15, -0.1) is 0 Å². The third kappa shape index (κ3) is 2.34. The molecule has 1 aromatic rings. The van der Waals surface area contributed by atoms with Crippen LogP contribution in [0.2, 0.25) is 0 Å². The molecule has 0 saturated carbocycles. The first-order valence-corrected chi connectivity index (χ1v) is 7.32. The molecule has 2 unspecified atom stereocenters. The highest BCUT2D eigenvalue weighted by atomic mass is 79.9. The molecule has 20 heavy (non-hydrogen) atoms. The van der Waals surface area contributed by atoms with Crippen molar-refractivity contribution in [3.8, 4) is 0 Å². The number of alkyl halides is 3. The third-order valence-corrected chi connectivity index (χ3v) is 4.58. The molecule has 1 aromatic carbocycles. The number of carbonyl (C=O) groups is 1. The molecular formula is C14H13BrF3NO. The Morgan fingerprint density at radius 3 is 2.30 bits per heavy atom. The van der Waals surface area contributed by atoms with Crippen molar-refractivity contribution in [3.63, 3.8) is 0 Å². The van der Waals surface area contributed by atoms with Gasteiger partial charge in [0, 0.05) is 35.1 Å². The molecule has 0 aliphatic carbocycles. The molecule has 0 radical (unpaired) electrons. The Kier molecular flexibility index (Phi) is 3.31. The van der Waals surface area contributed by atoms with Crippen LogP contribution in [0.25, 0.3) is 0 Å². The molecule has 0 spiro atoms. The zero-order chi connectivity index (χ0) is 14.5. The van der Waals surface area contributed by atoms with Crippen LogP contribution in [0.3, 0.4) is 0 Å². The van der Waals surface area contributed by atoms with Crippen molar-refractivity contribution in [1.29, 1.82) is 0 Å². The van der Waals surface area contributed by atoms with Crippen LogP contribution < -0.4 is 4.90 Å². The topological polar surface area (TPSA) is 20.3 Å². The summed E-state index contributed by atoms with van der Waals surface area (Å²) in [5, 5.41) is 0. The summed E-state index contributed by atoms with van der Waals surface area (Å²) in [4.78, 5) is 13.4. The van der Waals surface area contributed by atoms with Gasteiger partial charge in [-0.05, 0) is 31.0 Å². The Morgan fingerprint density at radius 2 is 1.75 bits per heavy atom. The maximum atomic E-state index is 13.2. The number of ketones is 1. The van der Waals surface area contributed by atoms with Crippen LogP contribution in [0, 0.1) is 0 Å². The fourth-order valence-electron chi connectivity index (χ4n) is 3.32. The first-order chi connectivity index (χ1) is 9.36. The molecule has 2 atom stereocenters.